The van der Waals surface area contributed by atoms with Crippen LogP contribution in [0.3, 0.4) is 0 Å². The van der Waals surface area contributed by atoms with E-state index in [4.69, 9.17) is 16.6 Å². The molecular weight excluding hydrogens is 320 g/mol. The van der Waals surface area contributed by atoms with E-state index < -0.39 is 0 Å². The fourth-order valence-electron chi connectivity index (χ4n) is 3.29. The van der Waals surface area contributed by atoms with Crippen LogP contribution in [0.1, 0.15) is 12.5 Å². The average molecular weight is 341 g/mol. The van der Waals surface area contributed by atoms with Crippen LogP contribution in [0.15, 0.2) is 47.5 Å². The number of likely N-dealkylation sites (N-methyl/N-ethyl adjacent to an activating group) is 1. The van der Waals surface area contributed by atoms with Gasteiger partial charge < -0.3 is 15.1 Å². The van der Waals surface area contributed by atoms with Crippen LogP contribution in [-0.4, -0.2) is 48.4 Å². The van der Waals surface area contributed by atoms with Crippen LogP contribution >= 0.6 is 11.6 Å². The van der Waals surface area contributed by atoms with E-state index >= 15 is 0 Å². The molecule has 1 N–H and O–H groups in total. The number of hydrogen-bond donors (Lipinski definition) is 1. The van der Waals surface area contributed by atoms with Crippen molar-refractivity contribution in [2.75, 3.05) is 32.0 Å². The van der Waals surface area contributed by atoms with Gasteiger partial charge in [0.1, 0.15) is 5.84 Å². The first kappa shape index (κ1) is 15.5. The second kappa shape index (κ2) is 6.11. The Hall–Kier alpha value is -2.04. The molecule has 0 bridgehead atoms. The largest absolute Gasteiger partial charge is 0.353 e. The van der Waals surface area contributed by atoms with Crippen molar-refractivity contribution in [3.63, 3.8) is 0 Å². The lowest BCUT2D eigenvalue weighted by molar-refractivity contribution is 0.153. The minimum Gasteiger partial charge on any atom is -0.353 e. The van der Waals surface area contributed by atoms with Crippen molar-refractivity contribution in [2.45, 2.75) is 13.0 Å². The summed E-state index contributed by atoms with van der Waals surface area (Å²) in [4.78, 5) is 9.78. The molecule has 1 fully saturated rings. The highest BCUT2D eigenvalue weighted by molar-refractivity contribution is 6.31. The molecule has 5 heteroatoms. The van der Waals surface area contributed by atoms with Crippen LogP contribution in [-0.2, 0) is 0 Å². The maximum absolute atomic E-state index is 6.20. The number of nitrogens with one attached hydrogen (secondary N) is 1. The van der Waals surface area contributed by atoms with Gasteiger partial charge in [-0.05, 0) is 44.3 Å². The summed E-state index contributed by atoms with van der Waals surface area (Å²) in [6.45, 7) is 5.25. The molecule has 0 spiro atoms. The van der Waals surface area contributed by atoms with Crippen LogP contribution in [0.2, 0.25) is 5.02 Å². The number of anilines is 2. The molecule has 0 aromatic heterocycles. The number of para-hydroxylation sites is 1. The van der Waals surface area contributed by atoms with Gasteiger partial charge >= 0.3 is 0 Å². The van der Waals surface area contributed by atoms with E-state index in [1.165, 1.54) is 0 Å². The van der Waals surface area contributed by atoms with Crippen LogP contribution < -0.4 is 5.32 Å². The van der Waals surface area contributed by atoms with Gasteiger partial charge in [0, 0.05) is 41.9 Å². The van der Waals surface area contributed by atoms with Gasteiger partial charge in [0.15, 0.2) is 0 Å². The summed E-state index contributed by atoms with van der Waals surface area (Å²) in [6, 6.07) is 14.7. The third kappa shape index (κ3) is 2.76. The number of fused-ring (bicyclic) bond motifs is 2. The third-order valence-corrected chi connectivity index (χ3v) is 5.12. The fraction of sp³-hybridized carbons (Fsp3) is 0.316. The van der Waals surface area contributed by atoms with Crippen molar-refractivity contribution in [3.8, 4) is 0 Å². The molecule has 2 heterocycles. The normalized spacial score (nSPS) is 20.5. The van der Waals surface area contributed by atoms with E-state index in [0.29, 0.717) is 11.1 Å². The quantitative estimate of drug-likeness (QED) is 0.783. The molecule has 24 heavy (non-hydrogen) atoms. The van der Waals surface area contributed by atoms with Gasteiger partial charge in [-0.2, -0.15) is 0 Å². The first-order chi connectivity index (χ1) is 11.6. The van der Waals surface area contributed by atoms with Crippen LogP contribution in [0.4, 0.5) is 17.1 Å². The number of piperazine rings is 1. The number of aliphatic imine (C=N–C) groups is 1. The van der Waals surface area contributed by atoms with Crippen molar-refractivity contribution in [3.05, 3.63) is 53.1 Å². The molecule has 0 unspecified atom stereocenters. The molecule has 0 radical (unpaired) electrons. The molecule has 2 aliphatic rings. The molecule has 4 rings (SSSR count). The summed E-state index contributed by atoms with van der Waals surface area (Å²) < 4.78 is 0. The Morgan fingerprint density at radius 2 is 1.96 bits per heavy atom. The lowest BCUT2D eigenvalue weighted by Crippen LogP contribution is -2.52. The minimum absolute atomic E-state index is 0.503. The predicted molar refractivity (Wildman–Crippen MR) is 101 cm³/mol. The SMILES string of the molecule is C[C@H]1CN(C2=Nc3cc(Cl)ccc3Nc3ccccc32)CCN1C. The molecule has 0 amide bonds. The predicted octanol–water partition coefficient (Wildman–Crippen LogP) is 4.11. The Morgan fingerprint density at radius 1 is 1.12 bits per heavy atom. The monoisotopic (exact) mass is 340 g/mol. The Labute approximate surface area is 147 Å². The van der Waals surface area contributed by atoms with E-state index in [2.05, 4.69) is 53.4 Å². The highest BCUT2D eigenvalue weighted by Gasteiger charge is 2.26. The molecule has 124 valence electrons. The summed E-state index contributed by atoms with van der Waals surface area (Å²) >= 11 is 6.20. The molecule has 4 nitrogen and oxygen atoms in total. The Morgan fingerprint density at radius 3 is 2.79 bits per heavy atom. The van der Waals surface area contributed by atoms with Crippen molar-refractivity contribution in [1.82, 2.24) is 9.80 Å². The summed E-state index contributed by atoms with van der Waals surface area (Å²) in [5.74, 6) is 1.03. The number of rotatable bonds is 0. The van der Waals surface area contributed by atoms with E-state index in [-0.39, 0.29) is 0 Å². The number of amidine groups is 1. The fourth-order valence-corrected chi connectivity index (χ4v) is 3.46. The van der Waals surface area contributed by atoms with Crippen LogP contribution in [0, 0.1) is 0 Å². The van der Waals surface area contributed by atoms with E-state index in [0.717, 1.165) is 48.1 Å². The summed E-state index contributed by atoms with van der Waals surface area (Å²) in [5, 5.41) is 4.21. The number of halogens is 1. The Kier molecular flexibility index (Phi) is 3.94. The van der Waals surface area contributed by atoms with E-state index in [1.54, 1.807) is 0 Å². The van der Waals surface area contributed by atoms with Gasteiger partial charge in [-0.25, -0.2) is 4.99 Å². The smallest absolute Gasteiger partial charge is 0.138 e. The maximum Gasteiger partial charge on any atom is 0.138 e. The highest BCUT2D eigenvalue weighted by atomic mass is 35.5. The first-order valence-corrected chi connectivity index (χ1v) is 8.69. The van der Waals surface area contributed by atoms with Gasteiger partial charge in [-0.1, -0.05) is 23.7 Å². The van der Waals surface area contributed by atoms with Crippen LogP contribution in [0.5, 0.6) is 0 Å². The second-order valence-electron chi connectivity index (χ2n) is 6.54. The summed E-state index contributed by atoms with van der Waals surface area (Å²) in [5.41, 5.74) is 4.11. The standard InChI is InChI=1S/C19H21ClN4/c1-13-12-24(10-9-23(13)2)19-15-5-3-4-6-16(15)21-17-8-7-14(20)11-18(17)22-19/h3-8,11,13,21H,9-10,12H2,1-2H3/t13-/m0/s1. The second-order valence-corrected chi connectivity index (χ2v) is 6.98. The summed E-state index contributed by atoms with van der Waals surface area (Å²) in [6.07, 6.45) is 0. The topological polar surface area (TPSA) is 30.9 Å². The van der Waals surface area contributed by atoms with Gasteiger partial charge in [0.2, 0.25) is 0 Å². The molecule has 2 aliphatic heterocycles. The molecule has 0 saturated carbocycles. The zero-order valence-corrected chi connectivity index (χ0v) is 14.7. The Balaban J connectivity index is 1.83. The Bertz CT molecular complexity index is 802. The third-order valence-electron chi connectivity index (χ3n) is 4.88. The van der Waals surface area contributed by atoms with Gasteiger partial charge in [-0.3, -0.25) is 0 Å². The van der Waals surface area contributed by atoms with E-state index in [1.807, 2.05) is 18.2 Å². The van der Waals surface area contributed by atoms with Crippen LogP contribution in [0.25, 0.3) is 0 Å². The minimum atomic E-state index is 0.503. The molecule has 2 aromatic rings. The zero-order valence-electron chi connectivity index (χ0n) is 14.0. The van der Waals surface area contributed by atoms with Gasteiger partial charge in [0.05, 0.1) is 11.4 Å². The number of nitrogens with zero attached hydrogens (tertiary/aromatic N) is 3. The summed E-state index contributed by atoms with van der Waals surface area (Å²) in [7, 11) is 2.18. The first-order valence-electron chi connectivity index (χ1n) is 8.31. The lowest BCUT2D eigenvalue weighted by Gasteiger charge is -2.39. The van der Waals surface area contributed by atoms with E-state index in [9.17, 15) is 0 Å². The molecule has 1 atom stereocenters. The molecule has 2 aromatic carbocycles. The lowest BCUT2D eigenvalue weighted by atomic mass is 10.1. The number of hydrogen-bond acceptors (Lipinski definition) is 4. The van der Waals surface area contributed by atoms with Gasteiger partial charge in [-0.15, -0.1) is 0 Å². The van der Waals surface area contributed by atoms with Gasteiger partial charge in [0.25, 0.3) is 0 Å². The highest BCUT2D eigenvalue weighted by Crippen LogP contribution is 2.36. The average Bonchev–Trinajstić information content (AvgIpc) is 2.74. The maximum atomic E-state index is 6.20. The molecule has 0 aliphatic carbocycles. The van der Waals surface area contributed by atoms with Crippen molar-refractivity contribution in [2.24, 2.45) is 4.99 Å². The van der Waals surface area contributed by atoms with Crippen molar-refractivity contribution in [1.29, 1.82) is 0 Å². The van der Waals surface area contributed by atoms with Crippen molar-refractivity contribution < 1.29 is 0 Å². The van der Waals surface area contributed by atoms with Crippen molar-refractivity contribution >= 4 is 34.5 Å². The molecular formula is C19H21ClN4. The zero-order chi connectivity index (χ0) is 16.7. The number of benzene rings is 2. The molecule has 1 saturated heterocycles.